The highest BCUT2D eigenvalue weighted by Gasteiger charge is 2.28. The summed E-state index contributed by atoms with van der Waals surface area (Å²) < 4.78 is 0. The van der Waals surface area contributed by atoms with Crippen molar-refractivity contribution in [3.8, 4) is 0 Å². The van der Waals surface area contributed by atoms with Crippen LogP contribution in [0.25, 0.3) is 0 Å². The minimum absolute atomic E-state index is 0.0516. The van der Waals surface area contributed by atoms with Gasteiger partial charge >= 0.3 is 0 Å². The van der Waals surface area contributed by atoms with Crippen molar-refractivity contribution in [1.29, 1.82) is 0 Å². The average Bonchev–Trinajstić information content (AvgIpc) is 2.78. The molecule has 0 saturated carbocycles. The van der Waals surface area contributed by atoms with E-state index in [0.717, 1.165) is 16.2 Å². The Hall–Kier alpha value is -1.40. The lowest BCUT2D eigenvalue weighted by molar-refractivity contribution is -0.141. The van der Waals surface area contributed by atoms with E-state index >= 15 is 0 Å². The Bertz CT molecular complexity index is 922. The van der Waals surface area contributed by atoms with Gasteiger partial charge < -0.3 is 10.2 Å². The van der Waals surface area contributed by atoms with Crippen molar-refractivity contribution >= 4 is 58.4 Å². The van der Waals surface area contributed by atoms with Gasteiger partial charge in [-0.2, -0.15) is 0 Å². The Morgan fingerprint density at radius 2 is 1.73 bits per heavy atom. The van der Waals surface area contributed by atoms with E-state index in [-0.39, 0.29) is 11.8 Å². The van der Waals surface area contributed by atoms with E-state index < -0.39 is 6.04 Å². The third kappa shape index (κ3) is 9.40. The fourth-order valence-electron chi connectivity index (χ4n) is 3.26. The number of hydrogen-bond acceptors (Lipinski definition) is 3. The summed E-state index contributed by atoms with van der Waals surface area (Å²) in [6, 6.07) is 12.4. The third-order valence-electron chi connectivity index (χ3n) is 5.02. The summed E-state index contributed by atoms with van der Waals surface area (Å²) in [5, 5.41) is 4.56. The molecule has 2 aromatic carbocycles. The van der Waals surface area contributed by atoms with E-state index in [1.165, 1.54) is 0 Å². The van der Waals surface area contributed by atoms with Gasteiger partial charge in [0.25, 0.3) is 0 Å². The van der Waals surface area contributed by atoms with Crippen LogP contribution in [0.2, 0.25) is 15.1 Å². The van der Waals surface area contributed by atoms with Crippen molar-refractivity contribution in [3.05, 3.63) is 63.1 Å². The van der Waals surface area contributed by atoms with Gasteiger partial charge in [0.15, 0.2) is 0 Å². The highest BCUT2D eigenvalue weighted by Crippen LogP contribution is 2.25. The Morgan fingerprint density at radius 3 is 2.33 bits per heavy atom. The zero-order valence-electron chi connectivity index (χ0n) is 19.2. The molecule has 0 aliphatic rings. The number of nitrogens with one attached hydrogen (secondary N) is 1. The summed E-state index contributed by atoms with van der Waals surface area (Å²) in [6.45, 7) is 6.87. The zero-order chi connectivity index (χ0) is 24.4. The molecular formula is C25H31Cl3N2O2S. The number of halogens is 3. The predicted octanol–water partition coefficient (Wildman–Crippen LogP) is 7.10. The fourth-order valence-corrected chi connectivity index (χ4v) is 4.56. The monoisotopic (exact) mass is 528 g/mol. The van der Waals surface area contributed by atoms with Crippen LogP contribution in [0.4, 0.5) is 0 Å². The molecule has 2 aromatic rings. The van der Waals surface area contributed by atoms with E-state index in [2.05, 4.69) is 5.32 Å². The molecule has 8 heteroatoms. The first-order valence-electron chi connectivity index (χ1n) is 11.1. The number of benzene rings is 2. The van der Waals surface area contributed by atoms with Crippen LogP contribution in [0, 0.1) is 5.92 Å². The summed E-state index contributed by atoms with van der Waals surface area (Å²) in [5.74, 6) is 0.944. The maximum absolute atomic E-state index is 13.3. The van der Waals surface area contributed by atoms with Gasteiger partial charge in [0, 0.05) is 29.4 Å². The molecule has 2 rings (SSSR count). The topological polar surface area (TPSA) is 49.4 Å². The molecule has 33 heavy (non-hydrogen) atoms. The molecule has 0 bridgehead atoms. The fraction of sp³-hybridized carbons (Fsp3) is 0.440. The molecule has 0 radical (unpaired) electrons. The van der Waals surface area contributed by atoms with Crippen LogP contribution in [0.15, 0.2) is 47.4 Å². The molecule has 2 amide bonds. The van der Waals surface area contributed by atoms with Crippen LogP contribution in [-0.2, 0) is 16.1 Å². The van der Waals surface area contributed by atoms with Crippen molar-refractivity contribution < 1.29 is 9.59 Å². The average molecular weight is 530 g/mol. The van der Waals surface area contributed by atoms with Gasteiger partial charge in [-0.25, -0.2) is 0 Å². The smallest absolute Gasteiger partial charge is 0.242 e. The van der Waals surface area contributed by atoms with Gasteiger partial charge in [0.2, 0.25) is 11.8 Å². The normalized spacial score (nSPS) is 12.0. The van der Waals surface area contributed by atoms with Crippen LogP contribution in [0.1, 0.15) is 45.6 Å². The zero-order valence-corrected chi connectivity index (χ0v) is 22.3. The van der Waals surface area contributed by atoms with Crippen molar-refractivity contribution in [2.75, 3.05) is 12.3 Å². The highest BCUT2D eigenvalue weighted by atomic mass is 35.5. The van der Waals surface area contributed by atoms with E-state index in [1.54, 1.807) is 28.8 Å². The molecule has 0 saturated heterocycles. The molecule has 0 spiro atoms. The first-order chi connectivity index (χ1) is 15.7. The Balaban J connectivity index is 2.08. The van der Waals surface area contributed by atoms with Crippen LogP contribution in [-0.4, -0.2) is 35.1 Å². The SMILES string of the molecule is CC[C@@H](C(=O)NCC(C)C)N(Cc1ccc(Cl)c(Cl)c1)C(=O)CCCSc1ccc(Cl)cc1. The number of carbonyl (C=O) groups excluding carboxylic acids is 2. The van der Waals surface area contributed by atoms with Gasteiger partial charge in [0.05, 0.1) is 10.0 Å². The van der Waals surface area contributed by atoms with Crippen LogP contribution in [0.3, 0.4) is 0 Å². The van der Waals surface area contributed by atoms with Gasteiger partial charge in [0.1, 0.15) is 6.04 Å². The maximum Gasteiger partial charge on any atom is 0.242 e. The molecule has 4 nitrogen and oxygen atoms in total. The lowest BCUT2D eigenvalue weighted by Gasteiger charge is -2.31. The number of nitrogens with zero attached hydrogens (tertiary/aromatic N) is 1. The van der Waals surface area contributed by atoms with Crippen molar-refractivity contribution in [2.45, 2.75) is 57.5 Å². The summed E-state index contributed by atoms with van der Waals surface area (Å²) in [5.41, 5.74) is 0.836. The predicted molar refractivity (Wildman–Crippen MR) is 140 cm³/mol. The Kier molecular flexibility index (Phi) is 11.9. The second kappa shape index (κ2) is 14.1. The number of thioether (sulfide) groups is 1. The molecule has 0 aromatic heterocycles. The number of hydrogen-bond donors (Lipinski definition) is 1. The van der Waals surface area contributed by atoms with Gasteiger partial charge in [-0.15, -0.1) is 11.8 Å². The molecule has 0 heterocycles. The lowest BCUT2D eigenvalue weighted by atomic mass is 10.1. The van der Waals surface area contributed by atoms with Crippen molar-refractivity contribution in [2.24, 2.45) is 5.92 Å². The molecule has 1 N–H and O–H groups in total. The van der Waals surface area contributed by atoms with E-state index in [4.69, 9.17) is 34.8 Å². The molecule has 0 fully saturated rings. The maximum atomic E-state index is 13.3. The first kappa shape index (κ1) is 27.8. The van der Waals surface area contributed by atoms with Crippen molar-refractivity contribution in [3.63, 3.8) is 0 Å². The molecular weight excluding hydrogens is 499 g/mol. The molecule has 180 valence electrons. The Morgan fingerprint density at radius 1 is 1.03 bits per heavy atom. The standard InChI is InChI=1S/C25H31Cl3N2O2S/c1-4-23(25(32)29-15-17(2)3)30(16-18-7-12-21(27)22(28)14-18)24(31)6-5-13-33-20-10-8-19(26)9-11-20/h7-12,14,17,23H,4-6,13,15-16H2,1-3H3,(H,29,32)/t23-/m0/s1. The van der Waals surface area contributed by atoms with Gasteiger partial charge in [-0.3, -0.25) is 9.59 Å². The molecule has 0 aliphatic carbocycles. The van der Waals surface area contributed by atoms with E-state index in [0.29, 0.717) is 53.3 Å². The second-order valence-electron chi connectivity index (χ2n) is 8.24. The summed E-state index contributed by atoms with van der Waals surface area (Å²) in [4.78, 5) is 28.9. The molecule has 0 aliphatic heterocycles. The summed E-state index contributed by atoms with van der Waals surface area (Å²) in [6.07, 6.45) is 1.58. The second-order valence-corrected chi connectivity index (χ2v) is 10.7. The molecule has 1 atom stereocenters. The minimum Gasteiger partial charge on any atom is -0.354 e. The van der Waals surface area contributed by atoms with E-state index in [1.807, 2.05) is 51.1 Å². The summed E-state index contributed by atoms with van der Waals surface area (Å²) >= 11 is 19.8. The molecule has 0 unspecified atom stereocenters. The minimum atomic E-state index is -0.547. The number of carbonyl (C=O) groups is 2. The summed E-state index contributed by atoms with van der Waals surface area (Å²) in [7, 11) is 0. The third-order valence-corrected chi connectivity index (χ3v) is 7.11. The highest BCUT2D eigenvalue weighted by molar-refractivity contribution is 7.99. The van der Waals surface area contributed by atoms with E-state index in [9.17, 15) is 9.59 Å². The van der Waals surface area contributed by atoms with Gasteiger partial charge in [-0.05, 0) is 66.5 Å². The Labute approximate surface area is 216 Å². The van der Waals surface area contributed by atoms with Crippen LogP contribution >= 0.6 is 46.6 Å². The lowest BCUT2D eigenvalue weighted by Crippen LogP contribution is -2.49. The first-order valence-corrected chi connectivity index (χ1v) is 13.2. The largest absolute Gasteiger partial charge is 0.354 e. The quantitative estimate of drug-likeness (QED) is 0.236. The van der Waals surface area contributed by atoms with Crippen LogP contribution in [0.5, 0.6) is 0 Å². The number of rotatable bonds is 12. The van der Waals surface area contributed by atoms with Gasteiger partial charge in [-0.1, -0.05) is 61.6 Å². The van der Waals surface area contributed by atoms with Crippen LogP contribution < -0.4 is 5.32 Å². The number of amides is 2. The van der Waals surface area contributed by atoms with Crippen molar-refractivity contribution in [1.82, 2.24) is 10.2 Å².